The Balaban J connectivity index is 2.04. The number of non-ortho nitro benzene ring substituents is 1. The molecule has 1 unspecified atom stereocenters. The number of piperidine rings is 1. The molecular formula is C13H19N3O3. The van der Waals surface area contributed by atoms with E-state index in [1.54, 1.807) is 13.2 Å². The van der Waals surface area contributed by atoms with E-state index in [-0.39, 0.29) is 5.69 Å². The van der Waals surface area contributed by atoms with Gasteiger partial charge in [0.05, 0.1) is 17.7 Å². The van der Waals surface area contributed by atoms with Gasteiger partial charge in [0.25, 0.3) is 5.69 Å². The molecule has 1 aliphatic heterocycles. The normalized spacial score (nSPS) is 18.9. The predicted molar refractivity (Wildman–Crippen MR) is 73.8 cm³/mol. The van der Waals surface area contributed by atoms with E-state index in [0.29, 0.717) is 17.5 Å². The Bertz CT molecular complexity index is 445. The molecule has 0 amide bonds. The first-order chi connectivity index (χ1) is 9.20. The topological polar surface area (TPSA) is 76.4 Å². The Labute approximate surface area is 112 Å². The summed E-state index contributed by atoms with van der Waals surface area (Å²) in [6.45, 7) is 1.79. The first kappa shape index (κ1) is 13.6. The monoisotopic (exact) mass is 265 g/mol. The number of ether oxygens (including phenoxy) is 1. The molecule has 2 rings (SSSR count). The molecule has 0 aliphatic carbocycles. The summed E-state index contributed by atoms with van der Waals surface area (Å²) < 4.78 is 5.21. The third-order valence-electron chi connectivity index (χ3n) is 3.35. The van der Waals surface area contributed by atoms with Crippen molar-refractivity contribution in [1.82, 2.24) is 5.32 Å². The molecule has 1 heterocycles. The third kappa shape index (κ3) is 3.57. The quantitative estimate of drug-likeness (QED) is 0.630. The smallest absolute Gasteiger partial charge is 0.271 e. The number of nitro groups is 1. The average molecular weight is 265 g/mol. The Morgan fingerprint density at radius 1 is 1.53 bits per heavy atom. The number of hydrogen-bond donors (Lipinski definition) is 2. The molecule has 1 aromatic rings. The lowest BCUT2D eigenvalue weighted by molar-refractivity contribution is -0.384. The number of rotatable bonds is 5. The van der Waals surface area contributed by atoms with Crippen LogP contribution in [0.1, 0.15) is 19.3 Å². The van der Waals surface area contributed by atoms with Crippen molar-refractivity contribution in [1.29, 1.82) is 0 Å². The first-order valence-electron chi connectivity index (χ1n) is 6.50. The maximum atomic E-state index is 10.8. The molecule has 19 heavy (non-hydrogen) atoms. The van der Waals surface area contributed by atoms with Crippen molar-refractivity contribution in [2.75, 3.05) is 25.5 Å². The number of hydrogen-bond acceptors (Lipinski definition) is 5. The van der Waals surface area contributed by atoms with Gasteiger partial charge in [0.1, 0.15) is 5.75 Å². The molecule has 1 saturated heterocycles. The highest BCUT2D eigenvalue weighted by atomic mass is 16.6. The van der Waals surface area contributed by atoms with E-state index < -0.39 is 4.92 Å². The zero-order valence-electron chi connectivity index (χ0n) is 11.0. The predicted octanol–water partition coefficient (Wildman–Crippen LogP) is 2.16. The van der Waals surface area contributed by atoms with Crippen molar-refractivity contribution in [3.05, 3.63) is 28.3 Å². The van der Waals surface area contributed by atoms with Crippen LogP contribution >= 0.6 is 0 Å². The number of methoxy groups -OCH3 is 1. The van der Waals surface area contributed by atoms with Gasteiger partial charge in [0.2, 0.25) is 0 Å². The van der Waals surface area contributed by atoms with Gasteiger partial charge in [-0.3, -0.25) is 10.1 Å². The van der Waals surface area contributed by atoms with Gasteiger partial charge in [-0.2, -0.15) is 0 Å². The summed E-state index contributed by atoms with van der Waals surface area (Å²) in [5.41, 5.74) is 0.740. The van der Waals surface area contributed by atoms with Crippen molar-refractivity contribution in [3.8, 4) is 5.75 Å². The Kier molecular flexibility index (Phi) is 4.57. The van der Waals surface area contributed by atoms with Crippen LogP contribution in [-0.4, -0.2) is 31.2 Å². The molecule has 1 aromatic carbocycles. The second kappa shape index (κ2) is 6.38. The second-order valence-corrected chi connectivity index (χ2v) is 4.67. The molecule has 0 bridgehead atoms. The van der Waals surface area contributed by atoms with E-state index in [1.165, 1.54) is 25.0 Å². The number of nitro benzene ring substituents is 1. The molecular weight excluding hydrogens is 246 g/mol. The first-order valence-corrected chi connectivity index (χ1v) is 6.50. The van der Waals surface area contributed by atoms with Crippen molar-refractivity contribution in [2.45, 2.75) is 25.3 Å². The van der Waals surface area contributed by atoms with Gasteiger partial charge in [-0.15, -0.1) is 0 Å². The molecule has 0 aromatic heterocycles. The SMILES string of the molecule is COc1ccc([N+](=O)[O-])cc1NCC1CCCCN1. The van der Waals surface area contributed by atoms with Crippen LogP contribution in [-0.2, 0) is 0 Å². The van der Waals surface area contributed by atoms with Crippen LogP contribution in [0.4, 0.5) is 11.4 Å². The lowest BCUT2D eigenvalue weighted by atomic mass is 10.1. The minimum atomic E-state index is -0.399. The van der Waals surface area contributed by atoms with Gasteiger partial charge < -0.3 is 15.4 Å². The number of benzene rings is 1. The van der Waals surface area contributed by atoms with Crippen LogP contribution in [0.2, 0.25) is 0 Å². The largest absolute Gasteiger partial charge is 0.495 e. The van der Waals surface area contributed by atoms with Crippen molar-refractivity contribution in [2.24, 2.45) is 0 Å². The van der Waals surface area contributed by atoms with Crippen LogP contribution in [0.25, 0.3) is 0 Å². The van der Waals surface area contributed by atoms with Crippen molar-refractivity contribution in [3.63, 3.8) is 0 Å². The lowest BCUT2D eigenvalue weighted by Gasteiger charge is -2.24. The lowest BCUT2D eigenvalue weighted by Crippen LogP contribution is -2.39. The second-order valence-electron chi connectivity index (χ2n) is 4.67. The average Bonchev–Trinajstić information content (AvgIpc) is 2.45. The van der Waals surface area contributed by atoms with Crippen LogP contribution in [0.3, 0.4) is 0 Å². The number of nitrogens with zero attached hydrogens (tertiary/aromatic N) is 1. The fourth-order valence-electron chi connectivity index (χ4n) is 2.28. The summed E-state index contributed by atoms with van der Waals surface area (Å²) in [7, 11) is 1.56. The standard InChI is InChI=1S/C13H19N3O3/c1-19-13-6-5-11(16(17)18)8-12(13)15-9-10-4-2-3-7-14-10/h5-6,8,10,14-15H,2-4,7,9H2,1H3. The van der Waals surface area contributed by atoms with Crippen LogP contribution in [0.15, 0.2) is 18.2 Å². The summed E-state index contributed by atoms with van der Waals surface area (Å²) in [6.07, 6.45) is 3.58. The zero-order valence-corrected chi connectivity index (χ0v) is 11.0. The zero-order chi connectivity index (χ0) is 13.7. The van der Waals surface area contributed by atoms with Crippen molar-refractivity contribution < 1.29 is 9.66 Å². The number of anilines is 1. The molecule has 6 nitrogen and oxygen atoms in total. The van der Waals surface area contributed by atoms with E-state index in [0.717, 1.165) is 19.5 Å². The summed E-state index contributed by atoms with van der Waals surface area (Å²) in [4.78, 5) is 10.4. The van der Waals surface area contributed by atoms with E-state index in [9.17, 15) is 10.1 Å². The fraction of sp³-hybridized carbons (Fsp3) is 0.538. The Hall–Kier alpha value is -1.82. The molecule has 6 heteroatoms. The summed E-state index contributed by atoms with van der Waals surface area (Å²) >= 11 is 0. The summed E-state index contributed by atoms with van der Waals surface area (Å²) in [5, 5.41) is 17.4. The fourth-order valence-corrected chi connectivity index (χ4v) is 2.28. The molecule has 2 N–H and O–H groups in total. The maximum Gasteiger partial charge on any atom is 0.271 e. The van der Waals surface area contributed by atoms with Crippen LogP contribution in [0.5, 0.6) is 5.75 Å². The minimum absolute atomic E-state index is 0.0694. The Morgan fingerprint density at radius 2 is 2.37 bits per heavy atom. The van der Waals surface area contributed by atoms with Gasteiger partial charge in [-0.25, -0.2) is 0 Å². The summed E-state index contributed by atoms with van der Waals surface area (Å²) in [5.74, 6) is 0.626. The summed E-state index contributed by atoms with van der Waals surface area (Å²) in [6, 6.07) is 5.00. The molecule has 0 radical (unpaired) electrons. The van der Waals surface area contributed by atoms with Gasteiger partial charge in [-0.05, 0) is 25.5 Å². The third-order valence-corrected chi connectivity index (χ3v) is 3.35. The highest BCUT2D eigenvalue weighted by Crippen LogP contribution is 2.28. The maximum absolute atomic E-state index is 10.8. The van der Waals surface area contributed by atoms with E-state index in [1.807, 2.05) is 0 Å². The van der Waals surface area contributed by atoms with E-state index >= 15 is 0 Å². The molecule has 104 valence electrons. The molecule has 1 aliphatic rings. The molecule has 1 atom stereocenters. The minimum Gasteiger partial charge on any atom is -0.495 e. The highest BCUT2D eigenvalue weighted by molar-refractivity contribution is 5.61. The van der Waals surface area contributed by atoms with Crippen LogP contribution in [0, 0.1) is 10.1 Å². The van der Waals surface area contributed by atoms with E-state index in [4.69, 9.17) is 4.74 Å². The highest BCUT2D eigenvalue weighted by Gasteiger charge is 2.15. The molecule has 0 saturated carbocycles. The Morgan fingerprint density at radius 3 is 3.00 bits per heavy atom. The van der Waals surface area contributed by atoms with Gasteiger partial charge in [0.15, 0.2) is 0 Å². The van der Waals surface area contributed by atoms with Gasteiger partial charge in [0, 0.05) is 24.7 Å². The van der Waals surface area contributed by atoms with Crippen molar-refractivity contribution >= 4 is 11.4 Å². The molecule has 1 fully saturated rings. The van der Waals surface area contributed by atoms with Crippen LogP contribution < -0.4 is 15.4 Å². The molecule has 0 spiro atoms. The van der Waals surface area contributed by atoms with Gasteiger partial charge >= 0.3 is 0 Å². The van der Waals surface area contributed by atoms with Gasteiger partial charge in [-0.1, -0.05) is 6.42 Å². The number of nitrogens with one attached hydrogen (secondary N) is 2. The van der Waals surface area contributed by atoms with E-state index in [2.05, 4.69) is 10.6 Å².